The number of carbonyl (C=O) groups excluding carboxylic acids is 1. The molecule has 0 saturated carbocycles. The molecule has 0 spiro atoms. The van der Waals surface area contributed by atoms with Crippen LogP contribution in [0.15, 0.2) is 65.8 Å². The number of aliphatic imine (C=N–C) groups is 1. The zero-order valence-corrected chi connectivity index (χ0v) is 16.6. The lowest BCUT2D eigenvalue weighted by Crippen LogP contribution is -2.35. The summed E-state index contributed by atoms with van der Waals surface area (Å²) in [6.07, 6.45) is 4.32. The van der Waals surface area contributed by atoms with Crippen LogP contribution >= 0.6 is 0 Å². The van der Waals surface area contributed by atoms with E-state index in [0.717, 1.165) is 36.6 Å². The summed E-state index contributed by atoms with van der Waals surface area (Å²) in [5.74, 6) is 0.544. The molecule has 1 amide bonds. The summed E-state index contributed by atoms with van der Waals surface area (Å²) in [4.78, 5) is 21.3. The van der Waals surface area contributed by atoms with E-state index < -0.39 is 0 Å². The molecule has 1 fully saturated rings. The van der Waals surface area contributed by atoms with E-state index >= 15 is 0 Å². The molecule has 6 heteroatoms. The molecular formula is C23H27N5O. The number of anilines is 1. The maximum atomic E-state index is 12.4. The van der Waals surface area contributed by atoms with Crippen molar-refractivity contribution in [3.63, 3.8) is 0 Å². The summed E-state index contributed by atoms with van der Waals surface area (Å²) in [6, 6.07) is 17.8. The Labute approximate surface area is 171 Å². The van der Waals surface area contributed by atoms with Crippen LogP contribution < -0.4 is 16.0 Å². The minimum absolute atomic E-state index is 0.0319. The molecule has 0 aromatic heterocycles. The standard InChI is InChI=1S/C23H27N5O/c24-22-17-28(20-6-2-1-3-7-20)21(16-26-22)18-8-10-19(11-9-18)23(29)25-12-15-27-13-4-5-14-27/h1-3,6-11,16H,4-5,12-15,17H2,(H2,24,26)(H,25,29). The molecule has 6 nitrogen and oxygen atoms in total. The molecule has 4 rings (SSSR count). The zero-order chi connectivity index (χ0) is 20.1. The Hall–Kier alpha value is -3.12. The number of likely N-dealkylation sites (tertiary alicyclic amines) is 1. The van der Waals surface area contributed by atoms with E-state index in [1.54, 1.807) is 6.20 Å². The van der Waals surface area contributed by atoms with Gasteiger partial charge in [0.25, 0.3) is 5.91 Å². The summed E-state index contributed by atoms with van der Waals surface area (Å²) in [6.45, 7) is 4.42. The number of para-hydroxylation sites is 1. The first kappa shape index (κ1) is 19.2. The molecule has 2 aliphatic heterocycles. The smallest absolute Gasteiger partial charge is 0.251 e. The Balaban J connectivity index is 1.44. The van der Waals surface area contributed by atoms with Gasteiger partial charge in [0.1, 0.15) is 5.84 Å². The quantitative estimate of drug-likeness (QED) is 0.797. The Morgan fingerprint density at radius 3 is 2.48 bits per heavy atom. The molecule has 0 radical (unpaired) electrons. The molecule has 1 saturated heterocycles. The van der Waals surface area contributed by atoms with Crippen molar-refractivity contribution >= 4 is 23.1 Å². The van der Waals surface area contributed by atoms with Gasteiger partial charge in [0.2, 0.25) is 0 Å². The van der Waals surface area contributed by atoms with E-state index in [1.807, 2.05) is 42.5 Å². The van der Waals surface area contributed by atoms with Crippen molar-refractivity contribution in [3.05, 3.63) is 71.9 Å². The number of amides is 1. The summed E-state index contributed by atoms with van der Waals surface area (Å²) in [5.41, 5.74) is 9.65. The van der Waals surface area contributed by atoms with Gasteiger partial charge < -0.3 is 20.9 Å². The Morgan fingerprint density at radius 2 is 1.76 bits per heavy atom. The zero-order valence-electron chi connectivity index (χ0n) is 16.6. The monoisotopic (exact) mass is 389 g/mol. The van der Waals surface area contributed by atoms with Crippen molar-refractivity contribution in [1.82, 2.24) is 10.2 Å². The molecule has 2 aromatic rings. The molecule has 2 aliphatic rings. The van der Waals surface area contributed by atoms with Crippen LogP contribution in [0, 0.1) is 0 Å². The van der Waals surface area contributed by atoms with Crippen molar-refractivity contribution in [3.8, 4) is 0 Å². The number of nitrogens with one attached hydrogen (secondary N) is 1. The van der Waals surface area contributed by atoms with Gasteiger partial charge in [-0.3, -0.25) is 4.79 Å². The predicted octanol–water partition coefficient (Wildman–Crippen LogP) is 2.69. The molecule has 0 atom stereocenters. The fourth-order valence-electron chi connectivity index (χ4n) is 3.80. The molecule has 29 heavy (non-hydrogen) atoms. The highest BCUT2D eigenvalue weighted by molar-refractivity contribution is 5.97. The maximum absolute atomic E-state index is 12.4. The minimum atomic E-state index is -0.0319. The number of nitrogens with two attached hydrogens (primary N) is 1. The average molecular weight is 390 g/mol. The van der Waals surface area contributed by atoms with Gasteiger partial charge >= 0.3 is 0 Å². The van der Waals surface area contributed by atoms with Crippen LogP contribution in [0.5, 0.6) is 0 Å². The van der Waals surface area contributed by atoms with Crippen molar-refractivity contribution in [2.45, 2.75) is 12.8 Å². The maximum Gasteiger partial charge on any atom is 0.251 e. The van der Waals surface area contributed by atoms with Gasteiger partial charge in [-0.1, -0.05) is 30.3 Å². The lowest BCUT2D eigenvalue weighted by Gasteiger charge is -2.29. The van der Waals surface area contributed by atoms with Gasteiger partial charge in [0.05, 0.1) is 18.4 Å². The first-order valence-electron chi connectivity index (χ1n) is 10.2. The Bertz CT molecular complexity index is 899. The van der Waals surface area contributed by atoms with Gasteiger partial charge in [-0.2, -0.15) is 0 Å². The lowest BCUT2D eigenvalue weighted by molar-refractivity contribution is 0.0950. The number of amidine groups is 1. The summed E-state index contributed by atoms with van der Waals surface area (Å²) in [5, 5.41) is 3.02. The molecule has 2 heterocycles. The number of rotatable bonds is 6. The highest BCUT2D eigenvalue weighted by Crippen LogP contribution is 2.28. The lowest BCUT2D eigenvalue weighted by atomic mass is 10.1. The van der Waals surface area contributed by atoms with Crippen LogP contribution in [0.3, 0.4) is 0 Å². The van der Waals surface area contributed by atoms with Gasteiger partial charge in [-0.25, -0.2) is 4.99 Å². The molecule has 2 aromatic carbocycles. The van der Waals surface area contributed by atoms with Crippen molar-refractivity contribution in [1.29, 1.82) is 0 Å². The van der Waals surface area contributed by atoms with Crippen molar-refractivity contribution in [2.24, 2.45) is 10.7 Å². The molecular weight excluding hydrogens is 362 g/mol. The number of benzene rings is 2. The number of nitrogens with zero attached hydrogens (tertiary/aromatic N) is 3. The van der Waals surface area contributed by atoms with Crippen LogP contribution in [0.4, 0.5) is 5.69 Å². The number of carbonyl (C=O) groups is 1. The van der Waals surface area contributed by atoms with Crippen molar-refractivity contribution < 1.29 is 4.79 Å². The van der Waals surface area contributed by atoms with E-state index in [2.05, 4.69) is 32.2 Å². The third-order valence-electron chi connectivity index (χ3n) is 5.39. The SMILES string of the molecule is NC1=NC=C(c2ccc(C(=O)NCCN3CCCC3)cc2)N(c2ccccc2)C1. The van der Waals surface area contributed by atoms with Crippen LogP contribution in [0.1, 0.15) is 28.8 Å². The summed E-state index contributed by atoms with van der Waals surface area (Å²) in [7, 11) is 0. The minimum Gasteiger partial charge on any atom is -0.386 e. The van der Waals surface area contributed by atoms with E-state index in [4.69, 9.17) is 5.73 Å². The summed E-state index contributed by atoms with van der Waals surface area (Å²) < 4.78 is 0. The number of hydrogen-bond donors (Lipinski definition) is 2. The first-order valence-corrected chi connectivity index (χ1v) is 10.2. The molecule has 3 N–H and O–H groups in total. The second-order valence-electron chi connectivity index (χ2n) is 7.44. The predicted molar refractivity (Wildman–Crippen MR) is 118 cm³/mol. The topological polar surface area (TPSA) is 74.0 Å². The van der Waals surface area contributed by atoms with E-state index in [9.17, 15) is 4.79 Å². The summed E-state index contributed by atoms with van der Waals surface area (Å²) >= 11 is 0. The normalized spacial score (nSPS) is 17.0. The third-order valence-corrected chi connectivity index (χ3v) is 5.39. The fraction of sp³-hybridized carbons (Fsp3) is 0.304. The fourth-order valence-corrected chi connectivity index (χ4v) is 3.80. The van der Waals surface area contributed by atoms with Crippen LogP contribution in [-0.2, 0) is 0 Å². The number of hydrogen-bond acceptors (Lipinski definition) is 5. The van der Waals surface area contributed by atoms with Crippen LogP contribution in [-0.4, -0.2) is 49.4 Å². The van der Waals surface area contributed by atoms with Gasteiger partial charge in [0.15, 0.2) is 0 Å². The van der Waals surface area contributed by atoms with Gasteiger partial charge in [0, 0.05) is 24.3 Å². The molecule has 0 aliphatic carbocycles. The highest BCUT2D eigenvalue weighted by atomic mass is 16.1. The second-order valence-corrected chi connectivity index (χ2v) is 7.44. The average Bonchev–Trinajstić information content (AvgIpc) is 3.28. The van der Waals surface area contributed by atoms with E-state index in [1.165, 1.54) is 12.8 Å². The first-order chi connectivity index (χ1) is 14.2. The Kier molecular flexibility index (Phi) is 5.91. The van der Waals surface area contributed by atoms with E-state index in [0.29, 0.717) is 24.5 Å². The van der Waals surface area contributed by atoms with E-state index in [-0.39, 0.29) is 5.91 Å². The Morgan fingerprint density at radius 1 is 1.03 bits per heavy atom. The molecule has 0 unspecified atom stereocenters. The van der Waals surface area contributed by atoms with Gasteiger partial charge in [-0.15, -0.1) is 0 Å². The highest BCUT2D eigenvalue weighted by Gasteiger charge is 2.19. The van der Waals surface area contributed by atoms with Crippen molar-refractivity contribution in [2.75, 3.05) is 37.6 Å². The van der Waals surface area contributed by atoms with Crippen LogP contribution in [0.2, 0.25) is 0 Å². The second kappa shape index (κ2) is 8.92. The van der Waals surface area contributed by atoms with Crippen LogP contribution in [0.25, 0.3) is 5.70 Å². The largest absolute Gasteiger partial charge is 0.386 e. The third kappa shape index (κ3) is 4.66. The van der Waals surface area contributed by atoms with Gasteiger partial charge in [-0.05, 0) is 55.8 Å². The molecule has 0 bridgehead atoms. The molecule has 150 valence electrons.